The van der Waals surface area contributed by atoms with Gasteiger partial charge in [-0.2, -0.15) is 5.26 Å². The van der Waals surface area contributed by atoms with Crippen LogP contribution in [0.3, 0.4) is 0 Å². The van der Waals surface area contributed by atoms with E-state index in [1.165, 1.54) is 25.7 Å². The number of nitrogens with zero attached hydrogens (tertiary/aromatic N) is 1. The summed E-state index contributed by atoms with van der Waals surface area (Å²) < 4.78 is 5.40. The van der Waals surface area contributed by atoms with Gasteiger partial charge in [-0.15, -0.1) is 0 Å². The van der Waals surface area contributed by atoms with Gasteiger partial charge in [0.15, 0.2) is 0 Å². The summed E-state index contributed by atoms with van der Waals surface area (Å²) in [5, 5.41) is 12.3. The Kier molecular flexibility index (Phi) is 3.28. The summed E-state index contributed by atoms with van der Waals surface area (Å²) in [6, 6.07) is 14.6. The molecule has 1 N–H and O–H groups in total. The van der Waals surface area contributed by atoms with Gasteiger partial charge in [0.2, 0.25) is 5.76 Å². The Morgan fingerprint density at radius 1 is 1.27 bits per heavy atom. The minimum absolute atomic E-state index is 0.390. The molecule has 0 aliphatic heterocycles. The minimum Gasteiger partial charge on any atom is -0.449 e. The Morgan fingerprint density at radius 3 is 3.05 bits per heavy atom. The fourth-order valence-corrected chi connectivity index (χ4v) is 4.14. The van der Waals surface area contributed by atoms with E-state index in [1.807, 2.05) is 12.1 Å². The SMILES string of the molecule is N#Cc1ccc(CNCC2CC23CCCc2ccccc23)o1. The van der Waals surface area contributed by atoms with Gasteiger partial charge in [0.05, 0.1) is 6.54 Å². The van der Waals surface area contributed by atoms with Crippen LogP contribution in [0.4, 0.5) is 0 Å². The van der Waals surface area contributed by atoms with Crippen molar-refractivity contribution in [2.24, 2.45) is 5.92 Å². The predicted molar refractivity (Wildman–Crippen MR) is 84.3 cm³/mol. The molecule has 3 nitrogen and oxygen atoms in total. The molecule has 2 unspecified atom stereocenters. The van der Waals surface area contributed by atoms with Crippen molar-refractivity contribution in [2.75, 3.05) is 6.54 Å². The quantitative estimate of drug-likeness (QED) is 0.937. The number of hydrogen-bond acceptors (Lipinski definition) is 3. The molecule has 22 heavy (non-hydrogen) atoms. The van der Waals surface area contributed by atoms with Crippen molar-refractivity contribution < 1.29 is 4.42 Å². The third-order valence-electron chi connectivity index (χ3n) is 5.32. The first-order valence-electron chi connectivity index (χ1n) is 8.10. The van der Waals surface area contributed by atoms with Gasteiger partial charge in [-0.3, -0.25) is 0 Å². The standard InChI is InChI=1S/C19H20N2O/c20-11-16-7-8-17(22-16)13-21-12-15-10-19(15)9-3-5-14-4-1-2-6-18(14)19/h1-2,4,6-8,15,21H,3,5,9-10,12-13H2. The van der Waals surface area contributed by atoms with E-state index in [0.29, 0.717) is 17.7 Å². The van der Waals surface area contributed by atoms with E-state index in [9.17, 15) is 0 Å². The first kappa shape index (κ1) is 13.6. The summed E-state index contributed by atoms with van der Waals surface area (Å²) >= 11 is 0. The second-order valence-corrected chi connectivity index (χ2v) is 6.58. The number of fused-ring (bicyclic) bond motifs is 2. The van der Waals surface area contributed by atoms with E-state index in [0.717, 1.165) is 18.2 Å². The second kappa shape index (κ2) is 5.30. The molecule has 2 atom stereocenters. The zero-order chi connectivity index (χ0) is 15.0. The molecule has 0 radical (unpaired) electrons. The molecule has 2 aliphatic carbocycles. The third-order valence-corrected chi connectivity index (χ3v) is 5.32. The second-order valence-electron chi connectivity index (χ2n) is 6.58. The van der Waals surface area contributed by atoms with Crippen LogP contribution in [0.15, 0.2) is 40.8 Å². The molecular weight excluding hydrogens is 272 g/mol. The lowest BCUT2D eigenvalue weighted by atomic mass is 9.78. The van der Waals surface area contributed by atoms with Crippen LogP contribution in [0.2, 0.25) is 0 Å². The Bertz CT molecular complexity index is 727. The number of rotatable bonds is 4. The number of aryl methyl sites for hydroxylation is 1. The van der Waals surface area contributed by atoms with Gasteiger partial charge in [-0.25, -0.2) is 0 Å². The molecule has 1 fully saturated rings. The van der Waals surface area contributed by atoms with Crippen LogP contribution >= 0.6 is 0 Å². The van der Waals surface area contributed by atoms with Gasteiger partial charge < -0.3 is 9.73 Å². The Balaban J connectivity index is 1.38. The van der Waals surface area contributed by atoms with Crippen molar-refractivity contribution in [3.05, 3.63) is 59.0 Å². The van der Waals surface area contributed by atoms with Gasteiger partial charge >= 0.3 is 0 Å². The highest BCUT2D eigenvalue weighted by atomic mass is 16.3. The maximum Gasteiger partial charge on any atom is 0.203 e. The van der Waals surface area contributed by atoms with Crippen LogP contribution in [0.5, 0.6) is 0 Å². The van der Waals surface area contributed by atoms with E-state index in [2.05, 4.69) is 29.6 Å². The monoisotopic (exact) mass is 292 g/mol. The molecule has 112 valence electrons. The molecule has 4 rings (SSSR count). The van der Waals surface area contributed by atoms with Gasteiger partial charge in [0.1, 0.15) is 11.8 Å². The molecular formula is C19H20N2O. The van der Waals surface area contributed by atoms with Crippen molar-refractivity contribution in [3.8, 4) is 6.07 Å². The predicted octanol–water partition coefficient (Wildman–Crippen LogP) is 3.54. The fourth-order valence-electron chi connectivity index (χ4n) is 4.14. The molecule has 1 saturated carbocycles. The first-order chi connectivity index (χ1) is 10.8. The zero-order valence-electron chi connectivity index (χ0n) is 12.6. The molecule has 1 aromatic heterocycles. The Morgan fingerprint density at radius 2 is 2.18 bits per heavy atom. The van der Waals surface area contributed by atoms with Crippen molar-refractivity contribution in [3.63, 3.8) is 0 Å². The number of hydrogen-bond donors (Lipinski definition) is 1. The summed E-state index contributed by atoms with van der Waals surface area (Å²) in [5.74, 6) is 1.97. The third kappa shape index (κ3) is 2.24. The average molecular weight is 292 g/mol. The number of nitrogens with one attached hydrogen (secondary N) is 1. The smallest absolute Gasteiger partial charge is 0.203 e. The maximum absolute atomic E-state index is 8.77. The van der Waals surface area contributed by atoms with Crippen LogP contribution in [-0.2, 0) is 18.4 Å². The van der Waals surface area contributed by atoms with Crippen LogP contribution < -0.4 is 5.32 Å². The van der Waals surface area contributed by atoms with Crippen LogP contribution in [0, 0.1) is 17.2 Å². The highest BCUT2D eigenvalue weighted by Crippen LogP contribution is 2.59. The minimum atomic E-state index is 0.390. The molecule has 0 saturated heterocycles. The lowest BCUT2D eigenvalue weighted by Crippen LogP contribution is -2.24. The van der Waals surface area contributed by atoms with E-state index in [-0.39, 0.29) is 0 Å². The summed E-state index contributed by atoms with van der Waals surface area (Å²) in [7, 11) is 0. The largest absolute Gasteiger partial charge is 0.449 e. The molecule has 3 heteroatoms. The van der Waals surface area contributed by atoms with Crippen molar-refractivity contribution in [1.29, 1.82) is 5.26 Å². The van der Waals surface area contributed by atoms with E-state index in [4.69, 9.17) is 9.68 Å². The van der Waals surface area contributed by atoms with Gasteiger partial charge in [0.25, 0.3) is 0 Å². The van der Waals surface area contributed by atoms with Crippen LogP contribution in [0.25, 0.3) is 0 Å². The zero-order valence-corrected chi connectivity index (χ0v) is 12.6. The highest BCUT2D eigenvalue weighted by Gasteiger charge is 2.55. The summed E-state index contributed by atoms with van der Waals surface area (Å²) in [4.78, 5) is 0. The van der Waals surface area contributed by atoms with Gasteiger partial charge in [0, 0.05) is 0 Å². The topological polar surface area (TPSA) is 49.0 Å². The molecule has 2 aromatic rings. The van der Waals surface area contributed by atoms with E-state index >= 15 is 0 Å². The molecule has 1 spiro atoms. The Labute approximate surface area is 130 Å². The van der Waals surface area contributed by atoms with Gasteiger partial charge in [-0.05, 0) is 66.8 Å². The average Bonchev–Trinajstić information content (AvgIpc) is 3.03. The molecule has 1 aromatic carbocycles. The number of nitriles is 1. The highest BCUT2D eigenvalue weighted by molar-refractivity contribution is 5.42. The summed E-state index contributed by atoms with van der Waals surface area (Å²) in [5.41, 5.74) is 3.58. The molecule has 2 aliphatic rings. The normalized spacial score (nSPS) is 25.7. The molecule has 1 heterocycles. The first-order valence-corrected chi connectivity index (χ1v) is 8.10. The lowest BCUT2D eigenvalue weighted by molar-refractivity contribution is 0.448. The summed E-state index contributed by atoms with van der Waals surface area (Å²) in [6.45, 7) is 1.73. The lowest BCUT2D eigenvalue weighted by Gasteiger charge is -2.26. The van der Waals surface area contributed by atoms with Crippen molar-refractivity contribution in [2.45, 2.75) is 37.6 Å². The number of furan rings is 1. The van der Waals surface area contributed by atoms with Crippen LogP contribution in [-0.4, -0.2) is 6.54 Å². The fraction of sp³-hybridized carbons (Fsp3) is 0.421. The Hall–Kier alpha value is -2.05. The summed E-state index contributed by atoms with van der Waals surface area (Å²) in [6.07, 6.45) is 5.19. The van der Waals surface area contributed by atoms with E-state index in [1.54, 1.807) is 17.2 Å². The molecule has 0 bridgehead atoms. The molecule has 0 amide bonds. The van der Waals surface area contributed by atoms with Gasteiger partial charge in [-0.1, -0.05) is 24.3 Å². The maximum atomic E-state index is 8.77. The number of benzene rings is 1. The van der Waals surface area contributed by atoms with Crippen molar-refractivity contribution in [1.82, 2.24) is 5.32 Å². The van der Waals surface area contributed by atoms with Crippen molar-refractivity contribution >= 4 is 0 Å². The van der Waals surface area contributed by atoms with E-state index < -0.39 is 0 Å². The van der Waals surface area contributed by atoms with Crippen LogP contribution in [0.1, 0.15) is 41.9 Å².